The van der Waals surface area contributed by atoms with Crippen molar-refractivity contribution in [3.05, 3.63) is 52.0 Å². The Labute approximate surface area is 196 Å². The van der Waals surface area contributed by atoms with Gasteiger partial charge in [-0.05, 0) is 49.2 Å². The molecule has 0 fully saturated rings. The number of nitrogens with one attached hydrogen (secondary N) is 1. The lowest BCUT2D eigenvalue weighted by Gasteiger charge is -2.29. The van der Waals surface area contributed by atoms with Crippen molar-refractivity contribution in [2.24, 2.45) is 0 Å². The van der Waals surface area contributed by atoms with Gasteiger partial charge >= 0.3 is 0 Å². The minimum atomic E-state index is -3.32. The van der Waals surface area contributed by atoms with Gasteiger partial charge in [-0.25, -0.2) is 13.4 Å². The third kappa shape index (κ3) is 5.40. The van der Waals surface area contributed by atoms with Gasteiger partial charge in [-0.3, -0.25) is 4.79 Å². The summed E-state index contributed by atoms with van der Waals surface area (Å²) in [5, 5.41) is 4.20. The van der Waals surface area contributed by atoms with Crippen molar-refractivity contribution in [2.75, 3.05) is 11.6 Å². The van der Waals surface area contributed by atoms with Gasteiger partial charge < -0.3 is 5.32 Å². The summed E-state index contributed by atoms with van der Waals surface area (Å²) in [7, 11) is -3.32. The minimum Gasteiger partial charge on any atom is -0.301 e. The number of aromatic nitrogens is 1. The zero-order valence-corrected chi connectivity index (χ0v) is 20.7. The molecule has 3 rings (SSSR count). The van der Waals surface area contributed by atoms with E-state index in [1.54, 1.807) is 24.3 Å². The third-order valence-electron chi connectivity index (χ3n) is 5.35. The average molecular weight is 499 g/mol. The number of halogens is 2. The highest BCUT2D eigenvalue weighted by Crippen LogP contribution is 2.36. The number of fused-ring (bicyclic) bond motifs is 1. The molecule has 0 aliphatic heterocycles. The van der Waals surface area contributed by atoms with Crippen molar-refractivity contribution >= 4 is 65.6 Å². The number of unbranched alkanes of at least 4 members (excludes halogenated alkanes) is 2. The minimum absolute atomic E-state index is 0.190. The van der Waals surface area contributed by atoms with Crippen molar-refractivity contribution in [3.8, 4) is 0 Å². The predicted octanol–water partition coefficient (Wildman–Crippen LogP) is 6.48. The van der Waals surface area contributed by atoms with E-state index >= 15 is 0 Å². The normalized spacial score (nSPS) is 13.8. The fourth-order valence-electron chi connectivity index (χ4n) is 3.38. The van der Waals surface area contributed by atoms with Gasteiger partial charge in [0.1, 0.15) is 0 Å². The van der Waals surface area contributed by atoms with Gasteiger partial charge in [0.2, 0.25) is 5.91 Å². The van der Waals surface area contributed by atoms with Crippen LogP contribution in [0.15, 0.2) is 41.3 Å². The van der Waals surface area contributed by atoms with Crippen molar-refractivity contribution in [1.29, 1.82) is 0 Å². The number of carbonyl (C=O) groups is 1. The van der Waals surface area contributed by atoms with Crippen molar-refractivity contribution in [3.63, 3.8) is 0 Å². The molecule has 3 aromatic rings. The summed E-state index contributed by atoms with van der Waals surface area (Å²) in [5.74, 6) is -0.190. The molecule has 0 saturated heterocycles. The number of hydrogen-bond acceptors (Lipinski definition) is 5. The van der Waals surface area contributed by atoms with Crippen LogP contribution in [-0.4, -0.2) is 25.6 Å². The SMILES string of the molecule is CCCCCC(C)(C(=O)Nc1nc2ccc(S(C)(=O)=O)cc2s1)c1ccc(Cl)c(Cl)c1. The molecule has 1 atom stereocenters. The smallest absolute Gasteiger partial charge is 0.236 e. The number of thiazole rings is 1. The fraction of sp³-hybridized carbons (Fsp3) is 0.364. The summed E-state index contributed by atoms with van der Waals surface area (Å²) >= 11 is 13.5. The van der Waals surface area contributed by atoms with Crippen molar-refractivity contribution in [1.82, 2.24) is 4.98 Å². The van der Waals surface area contributed by atoms with Crippen molar-refractivity contribution < 1.29 is 13.2 Å². The van der Waals surface area contributed by atoms with E-state index in [4.69, 9.17) is 23.2 Å². The number of benzene rings is 2. The Balaban J connectivity index is 1.93. The number of anilines is 1. The lowest BCUT2D eigenvalue weighted by molar-refractivity contribution is -0.121. The maximum atomic E-state index is 13.4. The van der Waals surface area contributed by atoms with E-state index < -0.39 is 15.3 Å². The van der Waals surface area contributed by atoms with Crippen LogP contribution in [0.5, 0.6) is 0 Å². The summed E-state index contributed by atoms with van der Waals surface area (Å²) in [6, 6.07) is 10.0. The van der Waals surface area contributed by atoms with Crippen LogP contribution in [0.4, 0.5) is 5.13 Å². The van der Waals surface area contributed by atoms with Gasteiger partial charge in [0.05, 0.1) is 30.6 Å². The molecule has 2 aromatic carbocycles. The third-order valence-corrected chi connectivity index (χ3v) is 8.13. The number of sulfone groups is 1. The van der Waals surface area contributed by atoms with Gasteiger partial charge in [-0.15, -0.1) is 0 Å². The lowest BCUT2D eigenvalue weighted by Crippen LogP contribution is -2.37. The molecule has 1 N–H and O–H groups in total. The van der Waals surface area contributed by atoms with Gasteiger partial charge in [0.15, 0.2) is 15.0 Å². The first-order valence-electron chi connectivity index (χ1n) is 9.92. The molecule has 1 aromatic heterocycles. The fourth-order valence-corrected chi connectivity index (χ4v) is 5.30. The van der Waals surface area contributed by atoms with Crippen LogP contribution in [0.25, 0.3) is 10.2 Å². The summed E-state index contributed by atoms with van der Waals surface area (Å²) in [6.07, 6.45) is 4.75. The Morgan fingerprint density at radius 2 is 1.87 bits per heavy atom. The molecule has 9 heteroatoms. The van der Waals surface area contributed by atoms with E-state index in [9.17, 15) is 13.2 Å². The first-order valence-corrected chi connectivity index (χ1v) is 13.4. The van der Waals surface area contributed by atoms with Gasteiger partial charge in [-0.2, -0.15) is 0 Å². The average Bonchev–Trinajstić information content (AvgIpc) is 3.10. The predicted molar refractivity (Wildman–Crippen MR) is 129 cm³/mol. The molecule has 31 heavy (non-hydrogen) atoms. The molecule has 1 amide bonds. The van der Waals surface area contributed by atoms with Crippen molar-refractivity contribution in [2.45, 2.75) is 49.8 Å². The van der Waals surface area contributed by atoms with E-state index in [0.717, 1.165) is 31.1 Å². The number of nitrogens with zero attached hydrogens (tertiary/aromatic N) is 1. The van der Waals surface area contributed by atoms with Crippen LogP contribution in [0.2, 0.25) is 10.0 Å². The van der Waals surface area contributed by atoms with Gasteiger partial charge in [-0.1, -0.05) is 66.8 Å². The zero-order valence-electron chi connectivity index (χ0n) is 17.5. The molecule has 0 spiro atoms. The second-order valence-electron chi connectivity index (χ2n) is 7.79. The zero-order chi connectivity index (χ0) is 22.8. The van der Waals surface area contributed by atoms with Crippen LogP contribution in [-0.2, 0) is 20.0 Å². The molecule has 1 heterocycles. The van der Waals surface area contributed by atoms with Crippen LogP contribution in [0, 0.1) is 0 Å². The summed E-state index contributed by atoms with van der Waals surface area (Å²) < 4.78 is 24.3. The standard InChI is InChI=1S/C22H24Cl2N2O3S2/c1-4-5-6-11-22(2,14-7-9-16(23)17(24)12-14)20(27)26-21-25-18-10-8-15(31(3,28)29)13-19(18)30-21/h7-10,12-13H,4-6,11H2,1-3H3,(H,25,26,27). The second-order valence-corrected chi connectivity index (χ2v) is 11.7. The molecule has 1 unspecified atom stereocenters. The van der Waals surface area contributed by atoms with Crippen LogP contribution in [0.1, 0.15) is 45.1 Å². The number of carbonyl (C=O) groups excluding carboxylic acids is 1. The molecule has 5 nitrogen and oxygen atoms in total. The highest BCUT2D eigenvalue weighted by molar-refractivity contribution is 7.90. The van der Waals surface area contributed by atoms with E-state index in [-0.39, 0.29) is 10.8 Å². The van der Waals surface area contributed by atoms with Gasteiger partial charge in [0, 0.05) is 6.26 Å². The van der Waals surface area contributed by atoms with E-state index in [1.165, 1.54) is 17.4 Å². The molecule has 0 bridgehead atoms. The number of rotatable bonds is 8. The topological polar surface area (TPSA) is 76.1 Å². The summed E-state index contributed by atoms with van der Waals surface area (Å²) in [6.45, 7) is 4.01. The largest absolute Gasteiger partial charge is 0.301 e. The first-order chi connectivity index (χ1) is 14.5. The summed E-state index contributed by atoms with van der Waals surface area (Å²) in [5.41, 5.74) is 0.602. The lowest BCUT2D eigenvalue weighted by atomic mass is 9.77. The molecule has 0 aliphatic carbocycles. The highest BCUT2D eigenvalue weighted by atomic mass is 35.5. The first kappa shape index (κ1) is 24.0. The maximum Gasteiger partial charge on any atom is 0.236 e. The maximum absolute atomic E-state index is 13.4. The van der Waals surface area contributed by atoms with E-state index in [0.29, 0.717) is 31.8 Å². The van der Waals surface area contributed by atoms with E-state index in [1.807, 2.05) is 13.0 Å². The molecular formula is C22H24Cl2N2O3S2. The Hall–Kier alpha value is -1.67. The van der Waals surface area contributed by atoms with Crippen LogP contribution >= 0.6 is 34.5 Å². The molecule has 0 aliphatic rings. The second kappa shape index (κ2) is 9.45. The molecule has 0 radical (unpaired) electrons. The Morgan fingerprint density at radius 3 is 2.52 bits per heavy atom. The van der Waals surface area contributed by atoms with Crippen LogP contribution in [0.3, 0.4) is 0 Å². The highest BCUT2D eigenvalue weighted by Gasteiger charge is 2.35. The summed E-state index contributed by atoms with van der Waals surface area (Å²) in [4.78, 5) is 18.1. The molecular weight excluding hydrogens is 475 g/mol. The van der Waals surface area contributed by atoms with Crippen LogP contribution < -0.4 is 5.32 Å². The molecule has 166 valence electrons. The van der Waals surface area contributed by atoms with Gasteiger partial charge in [0.25, 0.3) is 0 Å². The van der Waals surface area contributed by atoms with E-state index in [2.05, 4.69) is 17.2 Å². The Kier molecular flexibility index (Phi) is 7.31. The Morgan fingerprint density at radius 1 is 1.13 bits per heavy atom. The Bertz CT molecular complexity index is 1220. The monoisotopic (exact) mass is 498 g/mol. The number of amides is 1. The number of hydrogen-bond donors (Lipinski definition) is 1. The quantitative estimate of drug-likeness (QED) is 0.360. The molecule has 0 saturated carbocycles.